The highest BCUT2D eigenvalue weighted by atomic mass is 32.2. The number of furan rings is 1. The molecule has 1 heterocycles. The van der Waals surface area contributed by atoms with E-state index in [0.29, 0.717) is 6.61 Å². The molecule has 1 aliphatic carbocycles. The van der Waals surface area contributed by atoms with Crippen LogP contribution in [0.1, 0.15) is 43.5 Å². The van der Waals surface area contributed by atoms with E-state index in [9.17, 15) is 23.1 Å². The first kappa shape index (κ1) is 20.4. The molecule has 0 saturated heterocycles. The average molecular weight is 388 g/mol. The maximum absolute atomic E-state index is 12.5. The third-order valence-corrected chi connectivity index (χ3v) is 5.52. The molecule has 2 unspecified atom stereocenters. The van der Waals surface area contributed by atoms with Crippen molar-refractivity contribution in [2.24, 2.45) is 5.41 Å². The van der Waals surface area contributed by atoms with Crippen LogP contribution in [0.25, 0.3) is 0 Å². The van der Waals surface area contributed by atoms with Gasteiger partial charge >= 0.3 is 5.97 Å². The van der Waals surface area contributed by atoms with E-state index in [4.69, 9.17) is 9.15 Å². The van der Waals surface area contributed by atoms with Gasteiger partial charge in [0.25, 0.3) is 5.91 Å². The normalized spacial score (nSPS) is 24.7. The zero-order valence-corrected chi connectivity index (χ0v) is 16.0. The van der Waals surface area contributed by atoms with E-state index < -0.39 is 32.9 Å². The number of nitrogens with one attached hydrogen (secondary N) is 2. The summed E-state index contributed by atoms with van der Waals surface area (Å²) in [6.07, 6.45) is 0.876. The van der Waals surface area contributed by atoms with Crippen LogP contribution >= 0.6 is 0 Å². The number of hydrogen-bond acceptors (Lipinski definition) is 6. The van der Waals surface area contributed by atoms with Gasteiger partial charge in [-0.25, -0.2) is 17.9 Å². The number of carbonyl (C=O) groups excluding carboxylic acids is 1. The van der Waals surface area contributed by atoms with Crippen molar-refractivity contribution in [3.63, 3.8) is 0 Å². The van der Waals surface area contributed by atoms with Crippen LogP contribution in [0.2, 0.25) is 0 Å². The Hall–Kier alpha value is -1.91. The Morgan fingerprint density at radius 1 is 1.38 bits per heavy atom. The summed E-state index contributed by atoms with van der Waals surface area (Å²) in [6.45, 7) is 5.63. The minimum absolute atomic E-state index is 0.0911. The number of hydrogen-bond donors (Lipinski definition) is 3. The lowest BCUT2D eigenvalue weighted by Gasteiger charge is -2.58. The summed E-state index contributed by atoms with van der Waals surface area (Å²) in [7, 11) is -3.40. The molecule has 1 aliphatic rings. The fraction of sp³-hybridized carbons (Fsp3) is 0.625. The van der Waals surface area contributed by atoms with Crippen LogP contribution in [0.5, 0.6) is 0 Å². The van der Waals surface area contributed by atoms with Crippen LogP contribution in [0.15, 0.2) is 16.5 Å². The minimum Gasteiger partial charge on any atom is -0.479 e. The molecule has 0 radical (unpaired) electrons. The number of carboxylic acid groups (broad SMARTS) is 1. The molecule has 10 heteroatoms. The molecule has 1 aromatic heterocycles. The van der Waals surface area contributed by atoms with Crippen LogP contribution in [0.3, 0.4) is 0 Å². The molecular weight excluding hydrogens is 364 g/mol. The van der Waals surface area contributed by atoms with Gasteiger partial charge in [-0.1, -0.05) is 13.8 Å². The van der Waals surface area contributed by atoms with Gasteiger partial charge in [0.05, 0.1) is 18.9 Å². The molecule has 0 bridgehead atoms. The van der Waals surface area contributed by atoms with Gasteiger partial charge in [0.15, 0.2) is 5.76 Å². The maximum atomic E-state index is 12.5. The molecule has 2 atom stereocenters. The van der Waals surface area contributed by atoms with Crippen LogP contribution in [-0.4, -0.2) is 49.9 Å². The Balaban J connectivity index is 2.13. The van der Waals surface area contributed by atoms with Crippen LogP contribution in [0, 0.1) is 5.41 Å². The van der Waals surface area contributed by atoms with Gasteiger partial charge < -0.3 is 19.6 Å². The molecule has 26 heavy (non-hydrogen) atoms. The molecular formula is C16H24N2O7S. The predicted molar refractivity (Wildman–Crippen MR) is 92.0 cm³/mol. The topological polar surface area (TPSA) is 135 Å². The average Bonchev–Trinajstić information content (AvgIpc) is 2.99. The molecule has 1 amide bonds. The lowest BCUT2D eigenvalue weighted by atomic mass is 9.54. The molecule has 1 saturated carbocycles. The predicted octanol–water partition coefficient (Wildman–Crippen LogP) is 0.717. The molecule has 2 rings (SSSR count). The molecule has 9 nitrogen and oxygen atoms in total. The van der Waals surface area contributed by atoms with E-state index in [1.54, 1.807) is 13.8 Å². The number of carboxylic acids is 1. The lowest BCUT2D eigenvalue weighted by molar-refractivity contribution is -0.190. The highest BCUT2D eigenvalue weighted by Gasteiger charge is 2.66. The van der Waals surface area contributed by atoms with E-state index in [-0.39, 0.29) is 30.6 Å². The molecule has 0 aliphatic heterocycles. The van der Waals surface area contributed by atoms with Crippen molar-refractivity contribution in [2.45, 2.75) is 45.4 Å². The quantitative estimate of drug-likeness (QED) is 0.597. The van der Waals surface area contributed by atoms with Crippen molar-refractivity contribution in [3.05, 3.63) is 23.7 Å². The van der Waals surface area contributed by atoms with Crippen molar-refractivity contribution in [2.75, 3.05) is 12.9 Å². The van der Waals surface area contributed by atoms with Gasteiger partial charge in [0.2, 0.25) is 10.0 Å². The minimum atomic E-state index is -3.40. The summed E-state index contributed by atoms with van der Waals surface area (Å²) in [5.74, 6) is -1.67. The van der Waals surface area contributed by atoms with Crippen molar-refractivity contribution in [1.82, 2.24) is 10.0 Å². The summed E-state index contributed by atoms with van der Waals surface area (Å²) >= 11 is 0. The number of rotatable bonds is 8. The van der Waals surface area contributed by atoms with Crippen molar-refractivity contribution < 1.29 is 32.3 Å². The monoisotopic (exact) mass is 388 g/mol. The van der Waals surface area contributed by atoms with Crippen molar-refractivity contribution in [3.8, 4) is 0 Å². The maximum Gasteiger partial charge on any atom is 0.330 e. The number of sulfonamides is 1. The van der Waals surface area contributed by atoms with Crippen molar-refractivity contribution >= 4 is 21.9 Å². The first-order chi connectivity index (χ1) is 11.9. The standard InChI is InChI=1S/C16H24N2O7S/c1-5-24-12-8-16(14(20)21,15(12,2)3)18-13(19)11-7-6-10(25-11)9-17-26(4,22)23/h6-7,12,17H,5,8-9H2,1-4H3,(H,18,19)(H,20,21). The van der Waals surface area contributed by atoms with Gasteiger partial charge in [-0.3, -0.25) is 4.79 Å². The second kappa shape index (κ2) is 7.01. The highest BCUT2D eigenvalue weighted by molar-refractivity contribution is 7.88. The lowest BCUT2D eigenvalue weighted by Crippen LogP contribution is -2.76. The van der Waals surface area contributed by atoms with Crippen molar-refractivity contribution in [1.29, 1.82) is 0 Å². The molecule has 0 aromatic carbocycles. The molecule has 1 fully saturated rings. The molecule has 146 valence electrons. The first-order valence-electron chi connectivity index (χ1n) is 8.14. The highest BCUT2D eigenvalue weighted by Crippen LogP contribution is 2.51. The van der Waals surface area contributed by atoms with E-state index in [0.717, 1.165) is 6.26 Å². The summed E-state index contributed by atoms with van der Waals surface area (Å²) in [5, 5.41) is 12.3. The number of ether oxygens (including phenoxy) is 1. The molecule has 3 N–H and O–H groups in total. The second-order valence-electron chi connectivity index (χ2n) is 6.89. The first-order valence-corrected chi connectivity index (χ1v) is 10.0. The fourth-order valence-corrected chi connectivity index (χ4v) is 3.49. The zero-order chi connectivity index (χ0) is 19.8. The van der Waals surface area contributed by atoms with Crippen LogP contribution in [-0.2, 0) is 26.1 Å². The Morgan fingerprint density at radius 3 is 2.54 bits per heavy atom. The molecule has 1 aromatic rings. The van der Waals surface area contributed by atoms with Gasteiger partial charge in [0, 0.05) is 18.4 Å². The van der Waals surface area contributed by atoms with E-state index in [2.05, 4.69) is 10.0 Å². The Kier molecular flexibility index (Phi) is 5.50. The Morgan fingerprint density at radius 2 is 2.04 bits per heavy atom. The fourth-order valence-electron chi connectivity index (χ4n) is 3.09. The largest absolute Gasteiger partial charge is 0.479 e. The Labute approximate surface area is 152 Å². The smallest absolute Gasteiger partial charge is 0.330 e. The van der Waals surface area contributed by atoms with Gasteiger partial charge in [0.1, 0.15) is 11.3 Å². The van der Waals surface area contributed by atoms with Gasteiger partial charge in [-0.2, -0.15) is 0 Å². The van der Waals surface area contributed by atoms with Crippen LogP contribution < -0.4 is 10.0 Å². The number of aliphatic carboxylic acids is 1. The zero-order valence-electron chi connectivity index (χ0n) is 15.2. The number of amides is 1. The SMILES string of the molecule is CCOC1CC(NC(=O)c2ccc(CNS(C)(=O)=O)o2)(C(=O)O)C1(C)C. The summed E-state index contributed by atoms with van der Waals surface area (Å²) < 4.78 is 35.3. The van der Waals surface area contributed by atoms with Crippen LogP contribution in [0.4, 0.5) is 0 Å². The third-order valence-electron chi connectivity index (χ3n) is 4.85. The van der Waals surface area contributed by atoms with Gasteiger partial charge in [-0.05, 0) is 19.1 Å². The van der Waals surface area contributed by atoms with E-state index in [1.165, 1.54) is 12.1 Å². The summed E-state index contributed by atoms with van der Waals surface area (Å²) in [6, 6.07) is 2.82. The third kappa shape index (κ3) is 3.76. The second-order valence-corrected chi connectivity index (χ2v) is 8.73. The number of carbonyl (C=O) groups is 2. The van der Waals surface area contributed by atoms with Gasteiger partial charge in [-0.15, -0.1) is 0 Å². The molecule has 0 spiro atoms. The van der Waals surface area contributed by atoms with E-state index in [1.807, 2.05) is 6.92 Å². The Bertz CT molecular complexity index is 799. The van der Waals surface area contributed by atoms with E-state index >= 15 is 0 Å². The summed E-state index contributed by atoms with van der Waals surface area (Å²) in [4.78, 5) is 24.4. The summed E-state index contributed by atoms with van der Waals surface area (Å²) in [5.41, 5.74) is -2.28.